The highest BCUT2D eigenvalue weighted by molar-refractivity contribution is 5.62. The van der Waals surface area contributed by atoms with E-state index < -0.39 is 0 Å². The van der Waals surface area contributed by atoms with Gasteiger partial charge in [0.25, 0.3) is 0 Å². The second kappa shape index (κ2) is 3.05. The Morgan fingerprint density at radius 2 is 2.36 bits per heavy atom. The lowest BCUT2D eigenvalue weighted by Gasteiger charge is -2.02. The molecule has 11 heavy (non-hydrogen) atoms. The molecule has 0 aliphatic carbocycles. The van der Waals surface area contributed by atoms with Gasteiger partial charge in [0.1, 0.15) is 5.82 Å². The predicted octanol–water partition coefficient (Wildman–Crippen LogP) is 1.47. The lowest BCUT2D eigenvalue weighted by molar-refractivity contribution is 0.454. The largest absolute Gasteiger partial charge is 0.493 e. The van der Waals surface area contributed by atoms with Crippen molar-refractivity contribution in [1.29, 1.82) is 0 Å². The maximum absolute atomic E-state index is 8.98. The highest BCUT2D eigenvalue weighted by atomic mass is 16.3. The van der Waals surface area contributed by atoms with Gasteiger partial charge in [-0.2, -0.15) is 4.98 Å². The molecule has 1 aromatic heterocycles. The van der Waals surface area contributed by atoms with Gasteiger partial charge in [-0.1, -0.05) is 12.7 Å². The number of hydrogen-bond donors (Lipinski definition) is 2. The molecule has 0 saturated carbocycles. The van der Waals surface area contributed by atoms with Crippen molar-refractivity contribution >= 4 is 11.9 Å². The number of nitrogens with zero attached hydrogens (tertiary/aromatic N) is 1. The molecule has 0 aromatic carbocycles. The van der Waals surface area contributed by atoms with Crippen molar-refractivity contribution in [3.63, 3.8) is 0 Å². The molecule has 0 amide bonds. The van der Waals surface area contributed by atoms with Crippen LogP contribution >= 0.6 is 0 Å². The third-order valence-corrected chi connectivity index (χ3v) is 1.37. The molecule has 0 atom stereocenters. The number of nitrogens with one attached hydrogen (secondary N) is 1. The molecule has 0 aliphatic heterocycles. The average molecular weight is 150 g/mol. The maximum atomic E-state index is 8.98. The lowest BCUT2D eigenvalue weighted by Crippen LogP contribution is -1.94. The third-order valence-electron chi connectivity index (χ3n) is 1.37. The molecule has 0 aliphatic rings. The second-order valence-electron chi connectivity index (χ2n) is 2.06. The molecule has 58 valence electrons. The summed E-state index contributed by atoms with van der Waals surface area (Å²) in [6, 6.07) is 3.28. The Morgan fingerprint density at radius 3 is 2.91 bits per heavy atom. The van der Waals surface area contributed by atoms with Crippen LogP contribution in [0, 0.1) is 0 Å². The van der Waals surface area contributed by atoms with Crippen molar-refractivity contribution in [3.8, 4) is 5.88 Å². The van der Waals surface area contributed by atoms with E-state index in [2.05, 4.69) is 16.9 Å². The van der Waals surface area contributed by atoms with E-state index >= 15 is 0 Å². The zero-order valence-corrected chi connectivity index (χ0v) is 6.33. The number of pyridine rings is 1. The normalized spacial score (nSPS) is 9.18. The molecule has 1 rings (SSSR count). The molecular formula is C8H10N2O. The van der Waals surface area contributed by atoms with Crippen LogP contribution < -0.4 is 5.32 Å². The molecule has 0 fully saturated rings. The molecule has 1 aromatic rings. The highest BCUT2D eigenvalue weighted by Crippen LogP contribution is 2.16. The summed E-state index contributed by atoms with van der Waals surface area (Å²) in [6.45, 7) is 3.61. The van der Waals surface area contributed by atoms with Crippen LogP contribution in [0.1, 0.15) is 5.56 Å². The standard InChI is InChI=1S/C8H10N2O/c1-3-6-4-5-7(11)10-8(6)9-2/h3-5H,1H2,2H3,(H2,9,10,11). The Bertz CT molecular complexity index is 271. The average Bonchev–Trinajstić information content (AvgIpc) is 2.04. The molecule has 1 heterocycles. The monoisotopic (exact) mass is 150 g/mol. The Morgan fingerprint density at radius 1 is 1.64 bits per heavy atom. The van der Waals surface area contributed by atoms with Gasteiger partial charge >= 0.3 is 0 Å². The number of anilines is 1. The van der Waals surface area contributed by atoms with Crippen molar-refractivity contribution in [1.82, 2.24) is 4.98 Å². The van der Waals surface area contributed by atoms with Crippen LogP contribution in [0.15, 0.2) is 18.7 Å². The van der Waals surface area contributed by atoms with Crippen molar-refractivity contribution < 1.29 is 5.11 Å². The number of aromatic hydroxyl groups is 1. The summed E-state index contributed by atoms with van der Waals surface area (Å²) in [5.41, 5.74) is 0.880. The summed E-state index contributed by atoms with van der Waals surface area (Å²) in [5.74, 6) is 0.653. The van der Waals surface area contributed by atoms with Crippen LogP contribution in [-0.4, -0.2) is 17.1 Å². The molecule has 0 spiro atoms. The van der Waals surface area contributed by atoms with E-state index in [-0.39, 0.29) is 5.88 Å². The van der Waals surface area contributed by atoms with Gasteiger partial charge in [0.2, 0.25) is 5.88 Å². The fraction of sp³-hybridized carbons (Fsp3) is 0.125. The first-order chi connectivity index (χ1) is 5.27. The van der Waals surface area contributed by atoms with Crippen LogP contribution in [-0.2, 0) is 0 Å². The fourth-order valence-electron chi connectivity index (χ4n) is 0.825. The van der Waals surface area contributed by atoms with Crippen LogP contribution in [0.3, 0.4) is 0 Å². The third kappa shape index (κ3) is 1.49. The summed E-state index contributed by atoms with van der Waals surface area (Å²) in [4.78, 5) is 3.84. The fourth-order valence-corrected chi connectivity index (χ4v) is 0.825. The predicted molar refractivity (Wildman–Crippen MR) is 45.5 cm³/mol. The first kappa shape index (κ1) is 7.60. The molecule has 0 bridgehead atoms. The first-order valence-electron chi connectivity index (χ1n) is 3.28. The lowest BCUT2D eigenvalue weighted by atomic mass is 10.2. The van der Waals surface area contributed by atoms with Crippen molar-refractivity contribution in [2.75, 3.05) is 12.4 Å². The van der Waals surface area contributed by atoms with Crippen molar-refractivity contribution in [2.45, 2.75) is 0 Å². The minimum absolute atomic E-state index is 0.0138. The maximum Gasteiger partial charge on any atom is 0.212 e. The minimum Gasteiger partial charge on any atom is -0.493 e. The minimum atomic E-state index is 0.0138. The molecule has 0 radical (unpaired) electrons. The molecule has 0 unspecified atom stereocenters. The Kier molecular flexibility index (Phi) is 2.11. The summed E-state index contributed by atoms with van der Waals surface area (Å²) < 4.78 is 0. The van der Waals surface area contributed by atoms with Gasteiger partial charge in [0.05, 0.1) is 0 Å². The second-order valence-corrected chi connectivity index (χ2v) is 2.06. The van der Waals surface area contributed by atoms with Crippen molar-refractivity contribution in [2.24, 2.45) is 0 Å². The van der Waals surface area contributed by atoms with Crippen molar-refractivity contribution in [3.05, 3.63) is 24.3 Å². The van der Waals surface area contributed by atoms with E-state index in [1.807, 2.05) is 0 Å². The molecule has 3 nitrogen and oxygen atoms in total. The van der Waals surface area contributed by atoms with E-state index in [1.54, 1.807) is 19.2 Å². The van der Waals surface area contributed by atoms with Gasteiger partial charge in [-0.05, 0) is 6.07 Å². The van der Waals surface area contributed by atoms with Gasteiger partial charge in [-0.15, -0.1) is 0 Å². The molecular weight excluding hydrogens is 140 g/mol. The molecule has 3 heteroatoms. The Hall–Kier alpha value is -1.51. The summed E-state index contributed by atoms with van der Waals surface area (Å²) in [7, 11) is 1.74. The summed E-state index contributed by atoms with van der Waals surface area (Å²) in [6.07, 6.45) is 1.68. The van der Waals surface area contributed by atoms with E-state index in [0.717, 1.165) is 5.56 Å². The summed E-state index contributed by atoms with van der Waals surface area (Å²) in [5, 5.41) is 11.8. The van der Waals surface area contributed by atoms with Gasteiger partial charge in [-0.3, -0.25) is 0 Å². The Labute approximate surface area is 65.4 Å². The van der Waals surface area contributed by atoms with Crippen LogP contribution in [0.4, 0.5) is 5.82 Å². The van der Waals surface area contributed by atoms with Gasteiger partial charge in [0.15, 0.2) is 0 Å². The molecule has 0 saturated heterocycles. The van der Waals surface area contributed by atoms with Crippen LogP contribution in [0.5, 0.6) is 5.88 Å². The quantitative estimate of drug-likeness (QED) is 0.671. The van der Waals surface area contributed by atoms with Crippen LogP contribution in [0.2, 0.25) is 0 Å². The number of aromatic nitrogens is 1. The first-order valence-corrected chi connectivity index (χ1v) is 3.28. The van der Waals surface area contributed by atoms with Gasteiger partial charge in [0, 0.05) is 18.7 Å². The number of hydrogen-bond acceptors (Lipinski definition) is 3. The zero-order chi connectivity index (χ0) is 8.27. The SMILES string of the molecule is C=Cc1ccc(O)nc1NC. The van der Waals surface area contributed by atoms with E-state index in [9.17, 15) is 0 Å². The topological polar surface area (TPSA) is 45.2 Å². The molecule has 2 N–H and O–H groups in total. The highest BCUT2D eigenvalue weighted by Gasteiger charge is 1.98. The van der Waals surface area contributed by atoms with Gasteiger partial charge in [-0.25, -0.2) is 0 Å². The Balaban J connectivity index is 3.16. The smallest absolute Gasteiger partial charge is 0.212 e. The van der Waals surface area contributed by atoms with Crippen LogP contribution in [0.25, 0.3) is 6.08 Å². The van der Waals surface area contributed by atoms with E-state index in [4.69, 9.17) is 5.11 Å². The van der Waals surface area contributed by atoms with E-state index in [0.29, 0.717) is 5.82 Å². The van der Waals surface area contributed by atoms with E-state index in [1.165, 1.54) is 6.07 Å². The number of rotatable bonds is 2. The zero-order valence-electron chi connectivity index (χ0n) is 6.33. The van der Waals surface area contributed by atoms with Gasteiger partial charge < -0.3 is 10.4 Å². The summed E-state index contributed by atoms with van der Waals surface area (Å²) >= 11 is 0.